The first kappa shape index (κ1) is 12.3. The number of ether oxygens (including phenoxy) is 1. The summed E-state index contributed by atoms with van der Waals surface area (Å²) in [5.74, 6) is 1.35. The Balaban J connectivity index is 2.43. The molecular formula is C10H17N3OS. The van der Waals surface area contributed by atoms with Gasteiger partial charge in [0.1, 0.15) is 17.2 Å². The lowest BCUT2D eigenvalue weighted by molar-refractivity contribution is 0.164. The summed E-state index contributed by atoms with van der Waals surface area (Å²) in [4.78, 5) is 8.25. The highest BCUT2D eigenvalue weighted by molar-refractivity contribution is 7.98. The van der Waals surface area contributed by atoms with Crippen molar-refractivity contribution in [3.8, 4) is 0 Å². The van der Waals surface area contributed by atoms with Crippen LogP contribution in [-0.2, 0) is 4.74 Å². The van der Waals surface area contributed by atoms with Gasteiger partial charge in [-0.15, -0.1) is 11.8 Å². The highest BCUT2D eigenvalue weighted by Gasteiger charge is 2.02. The summed E-state index contributed by atoms with van der Waals surface area (Å²) in [6, 6.07) is 1.95. The van der Waals surface area contributed by atoms with E-state index in [4.69, 9.17) is 4.74 Å². The molecule has 1 rings (SSSR count). The van der Waals surface area contributed by atoms with E-state index in [9.17, 15) is 0 Å². The molecule has 0 aliphatic heterocycles. The van der Waals surface area contributed by atoms with Crippen LogP contribution in [0.3, 0.4) is 0 Å². The number of aromatic nitrogens is 2. The molecule has 0 saturated carbocycles. The molecule has 1 unspecified atom stereocenters. The number of thioether (sulfide) groups is 1. The fraction of sp³-hybridized carbons (Fsp3) is 0.600. The number of nitrogens with zero attached hydrogens (tertiary/aromatic N) is 2. The van der Waals surface area contributed by atoms with Gasteiger partial charge in [-0.1, -0.05) is 6.92 Å². The Bertz CT molecular complexity index is 296. The summed E-state index contributed by atoms with van der Waals surface area (Å²) >= 11 is 1.61. The van der Waals surface area contributed by atoms with Crippen LogP contribution in [0.1, 0.15) is 6.92 Å². The summed E-state index contributed by atoms with van der Waals surface area (Å²) in [5.41, 5.74) is 0. The molecule has 1 aromatic heterocycles. The van der Waals surface area contributed by atoms with E-state index >= 15 is 0 Å². The van der Waals surface area contributed by atoms with Crippen LogP contribution in [0.25, 0.3) is 0 Å². The van der Waals surface area contributed by atoms with Crippen LogP contribution in [-0.4, -0.2) is 36.5 Å². The third kappa shape index (κ3) is 4.48. The Hall–Kier alpha value is -0.810. The van der Waals surface area contributed by atoms with Gasteiger partial charge >= 0.3 is 0 Å². The Morgan fingerprint density at radius 2 is 2.33 bits per heavy atom. The normalized spacial score (nSPS) is 12.5. The SMILES string of the molecule is COCC(C)CNc1cc(SC)ncn1. The van der Waals surface area contributed by atoms with Gasteiger partial charge in [-0.2, -0.15) is 0 Å². The molecule has 0 saturated heterocycles. The first-order valence-electron chi connectivity index (χ1n) is 4.85. The highest BCUT2D eigenvalue weighted by atomic mass is 32.2. The first-order valence-corrected chi connectivity index (χ1v) is 6.07. The fourth-order valence-corrected chi connectivity index (χ4v) is 1.55. The summed E-state index contributed by atoms with van der Waals surface area (Å²) in [7, 11) is 1.72. The van der Waals surface area contributed by atoms with E-state index in [1.54, 1.807) is 25.2 Å². The van der Waals surface area contributed by atoms with Gasteiger partial charge in [-0.3, -0.25) is 0 Å². The van der Waals surface area contributed by atoms with Crippen LogP contribution in [0.5, 0.6) is 0 Å². The van der Waals surface area contributed by atoms with E-state index in [1.807, 2.05) is 12.3 Å². The van der Waals surface area contributed by atoms with E-state index in [-0.39, 0.29) is 0 Å². The molecule has 0 radical (unpaired) electrons. The van der Waals surface area contributed by atoms with Gasteiger partial charge in [0.15, 0.2) is 0 Å². The van der Waals surface area contributed by atoms with Gasteiger partial charge in [0, 0.05) is 19.7 Å². The molecule has 0 aliphatic rings. The van der Waals surface area contributed by atoms with Gasteiger partial charge in [0.05, 0.1) is 6.61 Å². The summed E-state index contributed by atoms with van der Waals surface area (Å²) in [6.07, 6.45) is 3.58. The third-order valence-corrected chi connectivity index (χ3v) is 2.58. The van der Waals surface area contributed by atoms with Crippen LogP contribution in [0, 0.1) is 5.92 Å². The largest absolute Gasteiger partial charge is 0.384 e. The molecule has 15 heavy (non-hydrogen) atoms. The average Bonchev–Trinajstić information content (AvgIpc) is 2.27. The van der Waals surface area contributed by atoms with E-state index < -0.39 is 0 Å². The van der Waals surface area contributed by atoms with Crippen LogP contribution in [0.4, 0.5) is 5.82 Å². The molecule has 0 spiro atoms. The van der Waals surface area contributed by atoms with Crippen molar-refractivity contribution >= 4 is 17.6 Å². The number of hydrogen-bond acceptors (Lipinski definition) is 5. The minimum absolute atomic E-state index is 0.475. The summed E-state index contributed by atoms with van der Waals surface area (Å²) in [6.45, 7) is 3.75. The molecule has 84 valence electrons. The van der Waals surface area contributed by atoms with Crippen molar-refractivity contribution < 1.29 is 4.74 Å². The zero-order valence-corrected chi connectivity index (χ0v) is 10.2. The Morgan fingerprint density at radius 3 is 3.00 bits per heavy atom. The topological polar surface area (TPSA) is 47.0 Å². The van der Waals surface area contributed by atoms with Crippen molar-refractivity contribution in [2.45, 2.75) is 11.9 Å². The molecule has 0 aliphatic carbocycles. The molecule has 0 aromatic carbocycles. The zero-order valence-electron chi connectivity index (χ0n) is 9.36. The average molecular weight is 227 g/mol. The molecule has 5 heteroatoms. The maximum atomic E-state index is 5.06. The van der Waals surface area contributed by atoms with Crippen molar-refractivity contribution in [3.63, 3.8) is 0 Å². The predicted molar refractivity (Wildman–Crippen MR) is 63.3 cm³/mol. The second-order valence-electron chi connectivity index (χ2n) is 3.39. The Labute approximate surface area is 94.8 Å². The van der Waals surface area contributed by atoms with Gasteiger partial charge < -0.3 is 10.1 Å². The van der Waals surface area contributed by atoms with Gasteiger partial charge in [0.2, 0.25) is 0 Å². The molecule has 0 fully saturated rings. The first-order chi connectivity index (χ1) is 7.26. The van der Waals surface area contributed by atoms with Crippen molar-refractivity contribution in [1.82, 2.24) is 9.97 Å². The molecule has 1 atom stereocenters. The number of anilines is 1. The third-order valence-electron chi connectivity index (χ3n) is 1.93. The van der Waals surface area contributed by atoms with Crippen LogP contribution < -0.4 is 5.32 Å². The van der Waals surface area contributed by atoms with Crippen LogP contribution >= 0.6 is 11.8 Å². The minimum atomic E-state index is 0.475. The minimum Gasteiger partial charge on any atom is -0.384 e. The second kappa shape index (κ2) is 6.63. The molecule has 1 N–H and O–H groups in total. The molecular weight excluding hydrogens is 210 g/mol. The number of nitrogens with one attached hydrogen (secondary N) is 1. The number of hydrogen-bond donors (Lipinski definition) is 1. The van der Waals surface area contributed by atoms with Gasteiger partial charge in [-0.25, -0.2) is 9.97 Å². The Kier molecular flexibility index (Phi) is 5.42. The van der Waals surface area contributed by atoms with Crippen molar-refractivity contribution in [2.24, 2.45) is 5.92 Å². The predicted octanol–water partition coefficient (Wildman–Crippen LogP) is 1.89. The standard InChI is InChI=1S/C10H17N3OS/c1-8(6-14-2)5-11-9-4-10(15-3)13-7-12-9/h4,7-8H,5-6H2,1-3H3,(H,11,12,13). The van der Waals surface area contributed by atoms with E-state index in [2.05, 4.69) is 22.2 Å². The maximum Gasteiger partial charge on any atom is 0.130 e. The van der Waals surface area contributed by atoms with Crippen LogP contribution in [0.2, 0.25) is 0 Å². The van der Waals surface area contributed by atoms with Crippen LogP contribution in [0.15, 0.2) is 17.4 Å². The smallest absolute Gasteiger partial charge is 0.130 e. The van der Waals surface area contributed by atoms with E-state index in [1.165, 1.54) is 0 Å². The van der Waals surface area contributed by atoms with Crippen molar-refractivity contribution in [3.05, 3.63) is 12.4 Å². The van der Waals surface area contributed by atoms with Gasteiger partial charge in [-0.05, 0) is 12.2 Å². The van der Waals surface area contributed by atoms with E-state index in [0.717, 1.165) is 24.0 Å². The van der Waals surface area contributed by atoms with Gasteiger partial charge in [0.25, 0.3) is 0 Å². The van der Waals surface area contributed by atoms with Crippen molar-refractivity contribution in [2.75, 3.05) is 31.8 Å². The quantitative estimate of drug-likeness (QED) is 0.594. The van der Waals surface area contributed by atoms with Crippen molar-refractivity contribution in [1.29, 1.82) is 0 Å². The lowest BCUT2D eigenvalue weighted by Crippen LogP contribution is -2.16. The molecule has 0 amide bonds. The summed E-state index contributed by atoms with van der Waals surface area (Å²) in [5, 5.41) is 4.24. The molecule has 0 bridgehead atoms. The second-order valence-corrected chi connectivity index (χ2v) is 4.21. The lowest BCUT2D eigenvalue weighted by atomic mass is 10.2. The highest BCUT2D eigenvalue weighted by Crippen LogP contribution is 2.13. The number of rotatable bonds is 6. The van der Waals surface area contributed by atoms with E-state index in [0.29, 0.717) is 5.92 Å². The molecule has 4 nitrogen and oxygen atoms in total. The molecule has 1 aromatic rings. The Morgan fingerprint density at radius 1 is 1.53 bits per heavy atom. The number of methoxy groups -OCH3 is 1. The fourth-order valence-electron chi connectivity index (χ4n) is 1.17. The lowest BCUT2D eigenvalue weighted by Gasteiger charge is -2.11. The maximum absolute atomic E-state index is 5.06. The zero-order chi connectivity index (χ0) is 11.1. The monoisotopic (exact) mass is 227 g/mol. The molecule has 1 heterocycles. The summed E-state index contributed by atoms with van der Waals surface area (Å²) < 4.78 is 5.06.